The van der Waals surface area contributed by atoms with E-state index in [4.69, 9.17) is 17.0 Å². The summed E-state index contributed by atoms with van der Waals surface area (Å²) in [4.78, 5) is 5.59. The Hall–Kier alpha value is -1.05. The maximum Gasteiger partial charge on any atom is 0.401 e. The molecule has 130 valence electrons. The molecule has 3 atom stereocenters. The highest BCUT2D eigenvalue weighted by Gasteiger charge is 2.51. The average molecular weight is 376 g/mol. The van der Waals surface area contributed by atoms with E-state index < -0.39 is 18.1 Å². The van der Waals surface area contributed by atoms with Crippen molar-refractivity contribution < 1.29 is 13.2 Å². The number of aromatic nitrogens is 1. The first-order valence-corrected chi connectivity index (χ1v) is 9.10. The minimum absolute atomic E-state index is 0.336. The van der Waals surface area contributed by atoms with Gasteiger partial charge in [-0.25, -0.2) is 0 Å². The molecular weight excluding hydrogens is 359 g/mol. The molecule has 8 heteroatoms. The number of hydrogen-bond acceptors (Lipinski definition) is 4. The van der Waals surface area contributed by atoms with Gasteiger partial charge in [-0.05, 0) is 30.7 Å². The van der Waals surface area contributed by atoms with Gasteiger partial charge in [-0.1, -0.05) is 23.8 Å². The van der Waals surface area contributed by atoms with Crippen LogP contribution in [0.3, 0.4) is 0 Å². The molecule has 0 spiro atoms. The molecule has 3 nitrogen and oxygen atoms in total. The number of nitrogens with zero attached hydrogens (tertiary/aromatic N) is 2. The van der Waals surface area contributed by atoms with Crippen molar-refractivity contribution >= 4 is 28.4 Å². The molecule has 1 N–H and O–H groups in total. The molecular formula is C16H17ClF3N3S. The van der Waals surface area contributed by atoms with Crippen molar-refractivity contribution in [2.24, 2.45) is 0 Å². The van der Waals surface area contributed by atoms with Crippen LogP contribution in [0.25, 0.3) is 0 Å². The Kier molecular flexibility index (Phi) is 4.70. The molecule has 1 saturated heterocycles. The highest BCUT2D eigenvalue weighted by molar-refractivity contribution is 8.13. The van der Waals surface area contributed by atoms with Crippen molar-refractivity contribution in [1.82, 2.24) is 9.88 Å². The number of piperidine rings is 1. The molecule has 2 aliphatic rings. The van der Waals surface area contributed by atoms with E-state index in [9.17, 15) is 13.2 Å². The molecule has 24 heavy (non-hydrogen) atoms. The van der Waals surface area contributed by atoms with Crippen LogP contribution in [-0.4, -0.2) is 46.0 Å². The van der Waals surface area contributed by atoms with Crippen molar-refractivity contribution in [2.75, 3.05) is 12.8 Å². The Balaban J connectivity index is 1.96. The predicted octanol–water partition coefficient (Wildman–Crippen LogP) is 4.28. The van der Waals surface area contributed by atoms with Gasteiger partial charge in [0.25, 0.3) is 0 Å². The van der Waals surface area contributed by atoms with Gasteiger partial charge >= 0.3 is 6.18 Å². The first kappa shape index (κ1) is 17.8. The first-order valence-electron chi connectivity index (χ1n) is 7.50. The maximum atomic E-state index is 12.9. The summed E-state index contributed by atoms with van der Waals surface area (Å²) in [6.45, 7) is -0.925. The van der Waals surface area contributed by atoms with Crippen LogP contribution in [-0.2, 0) is 5.41 Å². The molecule has 0 unspecified atom stereocenters. The normalized spacial score (nSPS) is 29.9. The zero-order valence-corrected chi connectivity index (χ0v) is 14.5. The maximum absolute atomic E-state index is 12.9. The van der Waals surface area contributed by atoms with E-state index in [1.807, 2.05) is 18.4 Å². The van der Waals surface area contributed by atoms with Crippen LogP contribution < -0.4 is 0 Å². The Morgan fingerprint density at radius 2 is 2.00 bits per heavy atom. The van der Waals surface area contributed by atoms with E-state index in [2.05, 4.69) is 4.98 Å². The lowest BCUT2D eigenvalue weighted by Crippen LogP contribution is -2.54. The quantitative estimate of drug-likeness (QED) is 0.487. The van der Waals surface area contributed by atoms with Gasteiger partial charge in [0.15, 0.2) is 0 Å². The number of nitrogens with one attached hydrogen (secondary N) is 1. The van der Waals surface area contributed by atoms with E-state index in [0.717, 1.165) is 5.56 Å². The minimum atomic E-state index is -4.23. The molecule has 3 rings (SSSR count). The third-order valence-corrected chi connectivity index (χ3v) is 5.79. The fourth-order valence-corrected chi connectivity index (χ4v) is 4.60. The number of fused-ring (bicyclic) bond motifs is 2. The summed E-state index contributed by atoms with van der Waals surface area (Å²) in [6, 6.07) is 1.10. The molecule has 0 radical (unpaired) electrons. The minimum Gasteiger partial charge on any atom is -0.297 e. The molecule has 0 aliphatic carbocycles. The van der Waals surface area contributed by atoms with Crippen molar-refractivity contribution in [3.8, 4) is 0 Å². The fourth-order valence-electron chi connectivity index (χ4n) is 3.75. The number of halogens is 4. The Labute approximate surface area is 147 Å². The van der Waals surface area contributed by atoms with Gasteiger partial charge in [0.2, 0.25) is 0 Å². The van der Waals surface area contributed by atoms with Crippen LogP contribution in [0.1, 0.15) is 18.4 Å². The Bertz CT molecular complexity index is 661. The fraction of sp³-hybridized carbons (Fsp3) is 0.500. The molecule has 0 aromatic carbocycles. The molecule has 2 bridgehead atoms. The smallest absolute Gasteiger partial charge is 0.297 e. The second-order valence-corrected chi connectivity index (χ2v) is 7.48. The standard InChI is InChI=1S/C16H17ClF3N3S/c1-24-14(21)15(10-4-11(17)8-22-7-10)5-12-2-3-13(6-15)23(12)9-16(18,19)20/h2-4,7-8,12-13,21H,5-6,9H2,1H3/t12-,13+,15+. The third-order valence-electron chi connectivity index (χ3n) is 4.78. The molecule has 2 aliphatic heterocycles. The highest BCUT2D eigenvalue weighted by atomic mass is 35.5. The monoisotopic (exact) mass is 375 g/mol. The largest absolute Gasteiger partial charge is 0.401 e. The van der Waals surface area contributed by atoms with Gasteiger partial charge in [-0.3, -0.25) is 15.3 Å². The van der Waals surface area contributed by atoms with Crippen molar-refractivity contribution in [3.05, 3.63) is 41.2 Å². The van der Waals surface area contributed by atoms with Crippen molar-refractivity contribution in [2.45, 2.75) is 36.5 Å². The van der Waals surface area contributed by atoms with Gasteiger partial charge in [0, 0.05) is 29.9 Å². The number of thioether (sulfide) groups is 1. The van der Waals surface area contributed by atoms with Crippen LogP contribution in [0.4, 0.5) is 13.2 Å². The second kappa shape index (κ2) is 6.35. The molecule has 1 aromatic heterocycles. The topological polar surface area (TPSA) is 40.0 Å². The zero-order chi connectivity index (χ0) is 17.5. The lowest BCUT2D eigenvalue weighted by molar-refractivity contribution is -0.154. The molecule has 0 saturated carbocycles. The molecule has 1 fully saturated rings. The number of pyridine rings is 1. The second-order valence-electron chi connectivity index (χ2n) is 6.22. The van der Waals surface area contributed by atoms with Crippen LogP contribution in [0, 0.1) is 5.41 Å². The SMILES string of the molecule is CSC(=N)[C@@]1(c2cncc(Cl)c2)C[C@H]2C=C[C@@H](C1)N2CC(F)(F)F. The summed E-state index contributed by atoms with van der Waals surface area (Å²) >= 11 is 7.38. The number of alkyl halides is 3. The van der Waals surface area contributed by atoms with E-state index in [-0.39, 0.29) is 12.1 Å². The van der Waals surface area contributed by atoms with Gasteiger partial charge in [0.05, 0.1) is 16.6 Å². The van der Waals surface area contributed by atoms with Crippen molar-refractivity contribution in [3.63, 3.8) is 0 Å². The number of hydrogen-bond donors (Lipinski definition) is 1. The summed E-state index contributed by atoms with van der Waals surface area (Å²) in [5.74, 6) is 0. The van der Waals surface area contributed by atoms with Crippen LogP contribution in [0.15, 0.2) is 30.6 Å². The molecule has 1 aromatic rings. The van der Waals surface area contributed by atoms with E-state index in [1.165, 1.54) is 22.9 Å². The number of rotatable bonds is 3. The summed E-state index contributed by atoms with van der Waals surface area (Å²) in [5, 5.41) is 9.38. The Morgan fingerprint density at radius 1 is 1.38 bits per heavy atom. The van der Waals surface area contributed by atoms with Crippen molar-refractivity contribution in [1.29, 1.82) is 5.41 Å². The molecule has 3 heterocycles. The summed E-state index contributed by atoms with van der Waals surface area (Å²) in [7, 11) is 0. The Morgan fingerprint density at radius 3 is 2.50 bits per heavy atom. The van der Waals surface area contributed by atoms with Crippen LogP contribution in [0.2, 0.25) is 5.02 Å². The lowest BCUT2D eigenvalue weighted by Gasteiger charge is -2.47. The van der Waals surface area contributed by atoms with Gasteiger partial charge in [0.1, 0.15) is 0 Å². The van der Waals surface area contributed by atoms with Crippen LogP contribution in [0.5, 0.6) is 0 Å². The lowest BCUT2D eigenvalue weighted by atomic mass is 9.70. The first-order chi connectivity index (χ1) is 11.2. The zero-order valence-electron chi connectivity index (χ0n) is 13.0. The summed E-state index contributed by atoms with van der Waals surface area (Å²) in [5.41, 5.74) is 0.165. The van der Waals surface area contributed by atoms with E-state index in [0.29, 0.717) is 22.9 Å². The average Bonchev–Trinajstić information content (AvgIpc) is 2.75. The van der Waals surface area contributed by atoms with Crippen LogP contribution >= 0.6 is 23.4 Å². The predicted molar refractivity (Wildman–Crippen MR) is 90.9 cm³/mol. The summed E-state index contributed by atoms with van der Waals surface area (Å²) < 4.78 is 38.6. The van der Waals surface area contributed by atoms with Gasteiger partial charge in [-0.15, -0.1) is 11.8 Å². The van der Waals surface area contributed by atoms with E-state index in [1.54, 1.807) is 12.3 Å². The van der Waals surface area contributed by atoms with Gasteiger partial charge < -0.3 is 0 Å². The molecule has 0 amide bonds. The van der Waals surface area contributed by atoms with E-state index >= 15 is 0 Å². The van der Waals surface area contributed by atoms with Gasteiger partial charge in [-0.2, -0.15) is 13.2 Å². The summed E-state index contributed by atoms with van der Waals surface area (Å²) in [6.07, 6.45) is 5.32. The third kappa shape index (κ3) is 3.21. The highest BCUT2D eigenvalue weighted by Crippen LogP contribution is 2.47.